The summed E-state index contributed by atoms with van der Waals surface area (Å²) in [5.74, 6) is 2.49. The highest BCUT2D eigenvalue weighted by Crippen LogP contribution is 2.60. The number of anilines is 5. The summed E-state index contributed by atoms with van der Waals surface area (Å²) < 4.78 is 9.16. The van der Waals surface area contributed by atoms with Crippen molar-refractivity contribution >= 4 is 62.0 Å². The number of aromatic nitrogens is 2. The Hall–Kier alpha value is -6.44. The van der Waals surface area contributed by atoms with Gasteiger partial charge in [0.05, 0.1) is 34.8 Å². The molecule has 2 aromatic heterocycles. The predicted octanol–water partition coefficient (Wildman–Crippen LogP) is 14.9. The van der Waals surface area contributed by atoms with Gasteiger partial charge < -0.3 is 19.4 Å². The molecule has 0 spiro atoms. The summed E-state index contributed by atoms with van der Waals surface area (Å²) in [6, 6.07) is 48.6. The fourth-order valence-corrected chi connectivity index (χ4v) is 10.6. The third-order valence-corrected chi connectivity index (χ3v) is 14.1. The van der Waals surface area contributed by atoms with E-state index >= 15 is 0 Å². The minimum atomic E-state index is -0.180. The van der Waals surface area contributed by atoms with Crippen molar-refractivity contribution in [3.63, 3.8) is 0 Å². The van der Waals surface area contributed by atoms with Crippen LogP contribution in [0.15, 0.2) is 162 Å². The van der Waals surface area contributed by atoms with E-state index in [1.807, 2.05) is 18.0 Å². The molecule has 0 unspecified atom stereocenters. The van der Waals surface area contributed by atoms with E-state index in [1.165, 1.54) is 65.6 Å². The van der Waals surface area contributed by atoms with E-state index in [9.17, 15) is 0 Å². The highest BCUT2D eigenvalue weighted by atomic mass is 32.2. The van der Waals surface area contributed by atoms with Gasteiger partial charge in [0.25, 0.3) is 0 Å². The Balaban J connectivity index is 0.945. The highest BCUT2D eigenvalue weighted by molar-refractivity contribution is 7.99. The van der Waals surface area contributed by atoms with Crippen LogP contribution < -0.4 is 19.4 Å². The average Bonchev–Trinajstić information content (AvgIpc) is 3.88. The van der Waals surface area contributed by atoms with Gasteiger partial charge in [-0.1, -0.05) is 116 Å². The Morgan fingerprint density at radius 2 is 1.27 bits per heavy atom. The van der Waals surface area contributed by atoms with Crippen molar-refractivity contribution in [2.45, 2.75) is 81.4 Å². The van der Waals surface area contributed by atoms with Gasteiger partial charge in [0.15, 0.2) is 0 Å². The van der Waals surface area contributed by atoms with Gasteiger partial charge >= 0.3 is 0 Å². The van der Waals surface area contributed by atoms with E-state index in [0.29, 0.717) is 6.67 Å². The summed E-state index contributed by atoms with van der Waals surface area (Å²) in [5.41, 5.74) is 13.1. The molecule has 0 saturated carbocycles. The number of para-hydroxylation sites is 3. The van der Waals surface area contributed by atoms with Crippen LogP contribution in [0.2, 0.25) is 0 Å². The molecule has 7 heteroatoms. The normalized spacial score (nSPS) is 15.3. The lowest BCUT2D eigenvalue weighted by Crippen LogP contribution is -2.33. The predicted molar refractivity (Wildman–Crippen MR) is 259 cm³/mol. The second-order valence-corrected chi connectivity index (χ2v) is 20.6. The number of fused-ring (bicyclic) bond motifs is 7. The molecule has 3 aliphatic rings. The lowest BCUT2D eigenvalue weighted by molar-refractivity contribution is 0.479. The van der Waals surface area contributed by atoms with Gasteiger partial charge in [0.1, 0.15) is 17.3 Å². The number of nitrogens with zero attached hydrogens (tertiary/aromatic N) is 5. The number of rotatable bonds is 5. The van der Waals surface area contributed by atoms with Crippen LogP contribution in [0.4, 0.5) is 28.4 Å². The number of hydrogen-bond acceptors (Lipinski definition) is 6. The van der Waals surface area contributed by atoms with Crippen molar-refractivity contribution in [1.29, 1.82) is 0 Å². The Kier molecular flexibility index (Phi) is 8.55. The van der Waals surface area contributed by atoms with Gasteiger partial charge in [-0.15, -0.1) is 0 Å². The van der Waals surface area contributed by atoms with E-state index in [4.69, 9.17) is 9.72 Å². The van der Waals surface area contributed by atoms with E-state index in [2.05, 4.69) is 221 Å². The zero-order valence-corrected chi connectivity index (χ0v) is 37.5. The molecular formula is C55H51N5OS. The first kappa shape index (κ1) is 38.5. The SMILES string of the molecule is CC(C)(C)c1cc(Oc2ccc3c4ccccc4n(-c4cc(C(C)(C)C)ccn4)c3c2)cc(N2C=CN(c3cc4c5c(c3)C(C)(C)c3ccccc3N5c3ccccc3S4)C2)c1. The summed E-state index contributed by atoms with van der Waals surface area (Å²) >= 11 is 1.88. The maximum atomic E-state index is 6.88. The smallest absolute Gasteiger partial charge is 0.137 e. The van der Waals surface area contributed by atoms with Crippen LogP contribution in [0.5, 0.6) is 11.5 Å². The number of pyridine rings is 1. The van der Waals surface area contributed by atoms with Crippen molar-refractivity contribution in [3.8, 4) is 17.3 Å². The van der Waals surface area contributed by atoms with Gasteiger partial charge in [-0.3, -0.25) is 4.57 Å². The zero-order chi connectivity index (χ0) is 42.7. The molecule has 308 valence electrons. The third kappa shape index (κ3) is 6.19. The van der Waals surface area contributed by atoms with Crippen LogP contribution in [-0.2, 0) is 16.2 Å². The van der Waals surface area contributed by atoms with Crippen LogP contribution >= 0.6 is 11.8 Å². The van der Waals surface area contributed by atoms with Gasteiger partial charge in [-0.25, -0.2) is 4.98 Å². The molecule has 0 amide bonds. The number of hydrogen-bond donors (Lipinski definition) is 0. The van der Waals surface area contributed by atoms with Crippen molar-refractivity contribution in [2.75, 3.05) is 21.4 Å². The molecule has 0 atom stereocenters. The quantitative estimate of drug-likeness (QED) is 0.172. The Morgan fingerprint density at radius 1 is 0.581 bits per heavy atom. The van der Waals surface area contributed by atoms with Crippen LogP contribution in [0, 0.1) is 0 Å². The Labute approximate surface area is 369 Å². The van der Waals surface area contributed by atoms with Crippen molar-refractivity contribution in [2.24, 2.45) is 0 Å². The zero-order valence-electron chi connectivity index (χ0n) is 36.7. The monoisotopic (exact) mass is 829 g/mol. The second kappa shape index (κ2) is 13.8. The molecule has 0 N–H and O–H groups in total. The minimum Gasteiger partial charge on any atom is -0.457 e. The summed E-state index contributed by atoms with van der Waals surface area (Å²) in [6.07, 6.45) is 6.35. The topological polar surface area (TPSA) is 36.8 Å². The summed E-state index contributed by atoms with van der Waals surface area (Å²) in [5, 5.41) is 2.36. The lowest BCUT2D eigenvalue weighted by atomic mass is 9.73. The van der Waals surface area contributed by atoms with Gasteiger partial charge in [-0.2, -0.15) is 0 Å². The molecule has 8 aromatic rings. The maximum Gasteiger partial charge on any atom is 0.137 e. The Bertz CT molecular complexity index is 3150. The molecular weight excluding hydrogens is 779 g/mol. The van der Waals surface area contributed by atoms with E-state index in [0.717, 1.165) is 34.0 Å². The highest BCUT2D eigenvalue weighted by Gasteiger charge is 2.41. The third-order valence-electron chi connectivity index (χ3n) is 13.0. The standard InChI is InChI=1S/C55H51N5OS/c1-53(2,3)35-23-24-56-51(29-35)59-45-17-11-9-15-41(45)42-22-21-39(33-48(42)59)61-40-28-36(54(4,5)6)27-37(30-40)57-25-26-58(34-57)38-31-44-52-50(32-38)62-49-20-14-13-19-47(49)60(52)46-18-12-10-16-43(46)55(44,7)8/h9-33H,34H2,1-8H3. The lowest BCUT2D eigenvalue weighted by Gasteiger charge is -2.45. The van der Waals surface area contributed by atoms with Crippen LogP contribution in [-0.4, -0.2) is 16.2 Å². The molecule has 11 rings (SSSR count). The van der Waals surface area contributed by atoms with E-state index in [-0.39, 0.29) is 16.2 Å². The molecule has 0 fully saturated rings. The van der Waals surface area contributed by atoms with Crippen LogP contribution in [0.1, 0.15) is 77.6 Å². The van der Waals surface area contributed by atoms with Crippen molar-refractivity contribution in [3.05, 3.63) is 174 Å². The second-order valence-electron chi connectivity index (χ2n) is 19.5. The maximum absolute atomic E-state index is 6.88. The molecule has 0 radical (unpaired) electrons. The average molecular weight is 830 g/mol. The first-order chi connectivity index (χ1) is 29.7. The van der Waals surface area contributed by atoms with Crippen LogP contribution in [0.25, 0.3) is 27.6 Å². The summed E-state index contributed by atoms with van der Waals surface area (Å²) in [7, 11) is 0. The van der Waals surface area contributed by atoms with Crippen molar-refractivity contribution < 1.29 is 4.74 Å². The number of benzene rings is 6. The minimum absolute atomic E-state index is 0.00365. The number of ether oxygens (including phenoxy) is 1. The molecule has 0 saturated heterocycles. The first-order valence-electron chi connectivity index (χ1n) is 21.6. The van der Waals surface area contributed by atoms with E-state index in [1.54, 1.807) is 0 Å². The van der Waals surface area contributed by atoms with E-state index < -0.39 is 0 Å². The molecule has 0 bridgehead atoms. The van der Waals surface area contributed by atoms with Crippen molar-refractivity contribution in [1.82, 2.24) is 9.55 Å². The first-order valence-corrected chi connectivity index (χ1v) is 22.4. The largest absolute Gasteiger partial charge is 0.457 e. The van der Waals surface area contributed by atoms with Crippen LogP contribution in [0.3, 0.4) is 0 Å². The summed E-state index contributed by atoms with van der Waals surface area (Å²) in [4.78, 5) is 14.6. The molecule has 0 aliphatic carbocycles. The molecule has 6 nitrogen and oxygen atoms in total. The van der Waals surface area contributed by atoms with Gasteiger partial charge in [0.2, 0.25) is 0 Å². The fourth-order valence-electron chi connectivity index (χ4n) is 9.50. The molecule has 62 heavy (non-hydrogen) atoms. The molecule has 6 aromatic carbocycles. The Morgan fingerprint density at radius 3 is 2.06 bits per heavy atom. The summed E-state index contributed by atoms with van der Waals surface area (Å²) in [6.45, 7) is 19.0. The molecule has 3 aliphatic heterocycles. The molecule has 5 heterocycles. The van der Waals surface area contributed by atoms with Gasteiger partial charge in [0, 0.05) is 68.1 Å². The van der Waals surface area contributed by atoms with Gasteiger partial charge in [-0.05, 0) is 106 Å². The fraction of sp³-hybridized carbons (Fsp3) is 0.218.